The molecule has 0 aromatic carbocycles. The Labute approximate surface area is 180 Å². The first-order chi connectivity index (χ1) is 13.8. The zero-order valence-electron chi connectivity index (χ0n) is 20.3. The van der Waals surface area contributed by atoms with Gasteiger partial charge in [-0.25, -0.2) is 0 Å². The third kappa shape index (κ3) is 11.3. The Morgan fingerprint density at radius 3 is 1.25 bits per heavy atom. The van der Waals surface area contributed by atoms with E-state index in [1.807, 2.05) is 0 Å². The van der Waals surface area contributed by atoms with E-state index in [0.717, 1.165) is 5.92 Å². The Balaban J connectivity index is 2.61. The van der Waals surface area contributed by atoms with E-state index >= 15 is 0 Å². The monoisotopic (exact) mass is 392 g/mol. The van der Waals surface area contributed by atoms with E-state index in [0.29, 0.717) is 5.41 Å². The zero-order valence-corrected chi connectivity index (χ0v) is 20.3. The summed E-state index contributed by atoms with van der Waals surface area (Å²) in [7, 11) is 0. The van der Waals surface area contributed by atoms with Gasteiger partial charge in [0, 0.05) is 0 Å². The Morgan fingerprint density at radius 1 is 0.464 bits per heavy atom. The van der Waals surface area contributed by atoms with Gasteiger partial charge in [0.25, 0.3) is 0 Å². The highest BCUT2D eigenvalue weighted by Crippen LogP contribution is 2.49. The Hall–Kier alpha value is 0. The normalized spacial score (nSPS) is 16.0. The summed E-state index contributed by atoms with van der Waals surface area (Å²) in [6, 6.07) is 0. The SMILES string of the molecule is CCCCCCCCCC(CCCCCC)(CCCCCC)C1CCCCC1. The Bertz CT molecular complexity index is 300. The average Bonchev–Trinajstić information content (AvgIpc) is 2.73. The van der Waals surface area contributed by atoms with Crippen LogP contribution in [0.1, 0.15) is 168 Å². The molecule has 0 heteroatoms. The second kappa shape index (κ2) is 17.8. The van der Waals surface area contributed by atoms with Crippen molar-refractivity contribution in [2.24, 2.45) is 11.3 Å². The lowest BCUT2D eigenvalue weighted by molar-refractivity contribution is 0.0708. The number of hydrogen-bond acceptors (Lipinski definition) is 0. The van der Waals surface area contributed by atoms with Crippen LogP contribution in [0, 0.1) is 11.3 Å². The summed E-state index contributed by atoms with van der Waals surface area (Å²) in [6.45, 7) is 7.05. The van der Waals surface area contributed by atoms with Crippen LogP contribution < -0.4 is 0 Å². The fraction of sp³-hybridized carbons (Fsp3) is 1.00. The molecule has 0 aliphatic heterocycles. The first-order valence-corrected chi connectivity index (χ1v) is 13.8. The summed E-state index contributed by atoms with van der Waals surface area (Å²) in [5.74, 6) is 1.06. The van der Waals surface area contributed by atoms with Gasteiger partial charge in [-0.05, 0) is 43.4 Å². The molecule has 1 rings (SSSR count). The van der Waals surface area contributed by atoms with Crippen LogP contribution in [-0.4, -0.2) is 0 Å². The third-order valence-corrected chi connectivity index (χ3v) is 7.81. The minimum absolute atomic E-state index is 0.714. The van der Waals surface area contributed by atoms with E-state index in [4.69, 9.17) is 0 Å². The Kier molecular flexibility index (Phi) is 16.6. The fourth-order valence-electron chi connectivity index (χ4n) is 5.94. The van der Waals surface area contributed by atoms with Crippen molar-refractivity contribution in [3.05, 3.63) is 0 Å². The summed E-state index contributed by atoms with van der Waals surface area (Å²) in [6.07, 6.45) is 34.3. The first kappa shape index (κ1) is 26.0. The molecule has 1 aliphatic carbocycles. The van der Waals surface area contributed by atoms with Crippen molar-refractivity contribution in [3.8, 4) is 0 Å². The molecule has 0 aromatic heterocycles. The fourth-order valence-corrected chi connectivity index (χ4v) is 5.94. The average molecular weight is 393 g/mol. The topological polar surface area (TPSA) is 0 Å². The molecule has 0 nitrogen and oxygen atoms in total. The standard InChI is InChI=1S/C28H56/c1-4-7-10-13-14-15-21-26-28(24-19-11-8-5-2,25-20-12-9-6-3)27-22-17-16-18-23-27/h27H,4-26H2,1-3H3. The molecule has 0 spiro atoms. The molecule has 1 fully saturated rings. The van der Waals surface area contributed by atoms with Crippen LogP contribution in [-0.2, 0) is 0 Å². The molecule has 0 saturated heterocycles. The molecule has 0 heterocycles. The van der Waals surface area contributed by atoms with Crippen LogP contribution in [0.4, 0.5) is 0 Å². The first-order valence-electron chi connectivity index (χ1n) is 13.8. The van der Waals surface area contributed by atoms with Crippen LogP contribution in [0.3, 0.4) is 0 Å². The van der Waals surface area contributed by atoms with Crippen molar-refractivity contribution in [2.75, 3.05) is 0 Å². The minimum atomic E-state index is 0.714. The van der Waals surface area contributed by atoms with Gasteiger partial charge >= 0.3 is 0 Å². The van der Waals surface area contributed by atoms with Crippen LogP contribution in [0.2, 0.25) is 0 Å². The van der Waals surface area contributed by atoms with Crippen molar-refractivity contribution in [1.29, 1.82) is 0 Å². The quantitative estimate of drug-likeness (QED) is 0.192. The van der Waals surface area contributed by atoms with Gasteiger partial charge in [0.1, 0.15) is 0 Å². The number of rotatable bonds is 19. The van der Waals surface area contributed by atoms with E-state index in [2.05, 4.69) is 20.8 Å². The molecule has 1 saturated carbocycles. The largest absolute Gasteiger partial charge is 0.0654 e. The lowest BCUT2D eigenvalue weighted by Crippen LogP contribution is -2.32. The zero-order chi connectivity index (χ0) is 20.3. The van der Waals surface area contributed by atoms with Gasteiger partial charge < -0.3 is 0 Å². The van der Waals surface area contributed by atoms with Crippen molar-refractivity contribution in [1.82, 2.24) is 0 Å². The minimum Gasteiger partial charge on any atom is -0.0654 e. The number of unbranched alkanes of at least 4 members (excludes halogenated alkanes) is 12. The second-order valence-electron chi connectivity index (χ2n) is 10.2. The summed E-state index contributed by atoms with van der Waals surface area (Å²) in [5.41, 5.74) is 0.714. The van der Waals surface area contributed by atoms with E-state index in [1.54, 1.807) is 32.1 Å². The van der Waals surface area contributed by atoms with E-state index < -0.39 is 0 Å². The van der Waals surface area contributed by atoms with Crippen molar-refractivity contribution in [2.45, 2.75) is 168 Å². The molecule has 1 aliphatic rings. The molecule has 28 heavy (non-hydrogen) atoms. The van der Waals surface area contributed by atoms with Gasteiger partial charge in [0.2, 0.25) is 0 Å². The van der Waals surface area contributed by atoms with Gasteiger partial charge in [-0.15, -0.1) is 0 Å². The second-order valence-corrected chi connectivity index (χ2v) is 10.2. The summed E-state index contributed by atoms with van der Waals surface area (Å²) < 4.78 is 0. The Morgan fingerprint density at radius 2 is 0.821 bits per heavy atom. The maximum atomic E-state index is 2.36. The summed E-state index contributed by atoms with van der Waals surface area (Å²) in [4.78, 5) is 0. The lowest BCUT2D eigenvalue weighted by Gasteiger charge is -2.44. The third-order valence-electron chi connectivity index (χ3n) is 7.81. The predicted molar refractivity (Wildman–Crippen MR) is 129 cm³/mol. The molecule has 0 atom stereocenters. The highest BCUT2D eigenvalue weighted by Gasteiger charge is 2.37. The van der Waals surface area contributed by atoms with Gasteiger partial charge in [0.15, 0.2) is 0 Å². The van der Waals surface area contributed by atoms with Crippen LogP contribution in [0.5, 0.6) is 0 Å². The smallest absolute Gasteiger partial charge is 0.0269 e. The van der Waals surface area contributed by atoms with Gasteiger partial charge in [-0.1, -0.05) is 136 Å². The van der Waals surface area contributed by atoms with Gasteiger partial charge in [-0.2, -0.15) is 0 Å². The van der Waals surface area contributed by atoms with Gasteiger partial charge in [-0.3, -0.25) is 0 Å². The van der Waals surface area contributed by atoms with E-state index in [9.17, 15) is 0 Å². The van der Waals surface area contributed by atoms with Crippen molar-refractivity contribution >= 4 is 0 Å². The lowest BCUT2D eigenvalue weighted by atomic mass is 9.61. The van der Waals surface area contributed by atoms with Crippen LogP contribution >= 0.6 is 0 Å². The van der Waals surface area contributed by atoms with E-state index in [-0.39, 0.29) is 0 Å². The van der Waals surface area contributed by atoms with E-state index in [1.165, 1.54) is 116 Å². The van der Waals surface area contributed by atoms with Crippen LogP contribution in [0.25, 0.3) is 0 Å². The van der Waals surface area contributed by atoms with Crippen molar-refractivity contribution in [3.63, 3.8) is 0 Å². The number of hydrogen-bond donors (Lipinski definition) is 0. The molecule has 0 radical (unpaired) electrons. The van der Waals surface area contributed by atoms with Crippen LogP contribution in [0.15, 0.2) is 0 Å². The summed E-state index contributed by atoms with van der Waals surface area (Å²) >= 11 is 0. The van der Waals surface area contributed by atoms with Gasteiger partial charge in [0.05, 0.1) is 0 Å². The van der Waals surface area contributed by atoms with Crippen molar-refractivity contribution < 1.29 is 0 Å². The molecule has 0 aromatic rings. The maximum Gasteiger partial charge on any atom is -0.0269 e. The predicted octanol–water partition coefficient (Wildman–Crippen LogP) is 10.6. The molecule has 0 unspecified atom stereocenters. The molecular formula is C28H56. The molecule has 168 valence electrons. The molecule has 0 N–H and O–H groups in total. The maximum absolute atomic E-state index is 2.36. The highest BCUT2D eigenvalue weighted by atomic mass is 14.4. The molecular weight excluding hydrogens is 336 g/mol. The molecule has 0 amide bonds. The summed E-state index contributed by atoms with van der Waals surface area (Å²) in [5, 5.41) is 0. The highest BCUT2D eigenvalue weighted by molar-refractivity contribution is 4.88. The molecule has 0 bridgehead atoms.